The zero-order valence-corrected chi connectivity index (χ0v) is 10.2. The van der Waals surface area contributed by atoms with Gasteiger partial charge in [0.2, 0.25) is 0 Å². The molecule has 3 N–H and O–H groups in total. The molecule has 6 heteroatoms. The van der Waals surface area contributed by atoms with Gasteiger partial charge >= 0.3 is 0 Å². The highest BCUT2D eigenvalue weighted by Crippen LogP contribution is 2.26. The maximum Gasteiger partial charge on any atom is 0.173 e. The van der Waals surface area contributed by atoms with Gasteiger partial charge in [-0.15, -0.1) is 0 Å². The summed E-state index contributed by atoms with van der Waals surface area (Å²) in [6.45, 7) is 2.69. The molecule has 5 nitrogen and oxygen atoms in total. The van der Waals surface area contributed by atoms with Crippen LogP contribution in [0.25, 0.3) is 0 Å². The third-order valence-electron chi connectivity index (χ3n) is 3.51. The van der Waals surface area contributed by atoms with E-state index in [0.717, 1.165) is 26.1 Å². The van der Waals surface area contributed by atoms with E-state index >= 15 is 0 Å². The lowest BCUT2D eigenvalue weighted by atomic mass is 10.1. The van der Waals surface area contributed by atoms with Gasteiger partial charge in [-0.05, 0) is 11.4 Å². The fraction of sp³-hybridized carbons (Fsp3) is 0.700. The van der Waals surface area contributed by atoms with Gasteiger partial charge in [0.05, 0.1) is 18.5 Å². The standard InChI is InChI=1S/C10H15N4O.Al/c11-8-1-9(6-15-5-8)14-3-7-2-12-13-10(7)4-14;/h2,5,8-9H,1,3-4,6,11H2,(H,12,13);. The van der Waals surface area contributed by atoms with Crippen molar-refractivity contribution in [2.75, 3.05) is 6.61 Å². The zero-order valence-electron chi connectivity index (χ0n) is 9.10. The minimum absolute atomic E-state index is 0.110. The van der Waals surface area contributed by atoms with Gasteiger partial charge in [-0.25, -0.2) is 0 Å². The van der Waals surface area contributed by atoms with Gasteiger partial charge in [0, 0.05) is 30.7 Å². The lowest BCUT2D eigenvalue weighted by molar-refractivity contribution is -0.0145. The van der Waals surface area contributed by atoms with Gasteiger partial charge in [0.1, 0.15) is 0 Å². The Balaban J connectivity index is 1.66. The van der Waals surface area contributed by atoms with Crippen LogP contribution in [0.1, 0.15) is 17.7 Å². The normalized spacial score (nSPS) is 35.2. The molecule has 2 radical (unpaired) electrons. The molecule has 3 atom stereocenters. The van der Waals surface area contributed by atoms with Crippen LogP contribution in [0.2, 0.25) is 0 Å². The molecule has 0 saturated carbocycles. The average molecular weight is 234 g/mol. The van der Waals surface area contributed by atoms with Gasteiger partial charge < -0.3 is 10.5 Å². The molecule has 0 aromatic carbocycles. The summed E-state index contributed by atoms with van der Waals surface area (Å²) in [5.74, 6) is 0. The molecule has 16 heavy (non-hydrogen) atoms. The average Bonchev–Trinajstić information content (AvgIpc) is 2.81. The van der Waals surface area contributed by atoms with E-state index in [-0.39, 0.29) is 11.0 Å². The molecule has 0 aliphatic carbocycles. The van der Waals surface area contributed by atoms with Crippen LogP contribution in [0.4, 0.5) is 0 Å². The molecule has 0 bridgehead atoms. The Morgan fingerprint density at radius 1 is 1.56 bits per heavy atom. The maximum atomic E-state index is 6.02. The second-order valence-corrected chi connectivity index (χ2v) is 5.29. The number of nitrogens with zero attached hydrogens (tertiary/aromatic N) is 2. The molecule has 3 rings (SSSR count). The predicted octanol–water partition coefficient (Wildman–Crippen LogP) is -0.664. The second kappa shape index (κ2) is 4.13. The Labute approximate surface area is 103 Å². The van der Waals surface area contributed by atoms with Crippen LogP contribution in [0, 0.1) is 0 Å². The van der Waals surface area contributed by atoms with Crippen molar-refractivity contribution in [2.24, 2.45) is 5.73 Å². The highest BCUT2D eigenvalue weighted by molar-refractivity contribution is 6.11. The molecule has 3 unspecified atom stereocenters. The number of hydrogen-bond acceptors (Lipinski definition) is 4. The van der Waals surface area contributed by atoms with Crippen molar-refractivity contribution in [2.45, 2.75) is 36.6 Å². The minimum atomic E-state index is 0.110. The summed E-state index contributed by atoms with van der Waals surface area (Å²) in [5.41, 5.74) is 8.57. The number of ether oxygens (including phenoxy) is 1. The Kier molecular flexibility index (Phi) is 2.78. The molecule has 3 heterocycles. The number of nitrogens with two attached hydrogens (primary N) is 1. The van der Waals surface area contributed by atoms with Crippen molar-refractivity contribution in [3.8, 4) is 0 Å². The van der Waals surface area contributed by atoms with Crippen molar-refractivity contribution in [3.05, 3.63) is 17.5 Å². The molecule has 0 amide bonds. The minimum Gasteiger partial charge on any atom is -0.393 e. The van der Waals surface area contributed by atoms with E-state index in [4.69, 9.17) is 10.5 Å². The van der Waals surface area contributed by atoms with Gasteiger partial charge in [-0.3, -0.25) is 10.00 Å². The summed E-state index contributed by atoms with van der Waals surface area (Å²) in [7, 11) is 0. The van der Waals surface area contributed by atoms with Crippen molar-refractivity contribution in [3.63, 3.8) is 0 Å². The van der Waals surface area contributed by atoms with Gasteiger partial charge in [-0.2, -0.15) is 5.10 Å². The van der Waals surface area contributed by atoms with E-state index in [9.17, 15) is 0 Å². The zero-order chi connectivity index (χ0) is 11.1. The Morgan fingerprint density at radius 3 is 3.19 bits per heavy atom. The van der Waals surface area contributed by atoms with Crippen molar-refractivity contribution >= 4 is 16.3 Å². The monoisotopic (exact) mass is 234 g/mol. The van der Waals surface area contributed by atoms with Gasteiger partial charge in [0.25, 0.3) is 0 Å². The number of aromatic amines is 1. The number of rotatable bonds is 1. The summed E-state index contributed by atoms with van der Waals surface area (Å²) in [5, 5.41) is 7.08. The first kappa shape index (κ1) is 10.8. The molecule has 1 fully saturated rings. The molecule has 84 valence electrons. The van der Waals surface area contributed by atoms with Crippen LogP contribution >= 0.6 is 0 Å². The highest BCUT2D eigenvalue weighted by atomic mass is 27.0. The Morgan fingerprint density at radius 2 is 2.44 bits per heavy atom. The summed E-state index contributed by atoms with van der Waals surface area (Å²) in [4.78, 5) is 2.53. The molecule has 1 aromatic rings. The molecule has 0 spiro atoms. The van der Waals surface area contributed by atoms with Crippen LogP contribution < -0.4 is 5.73 Å². The van der Waals surface area contributed by atoms with Gasteiger partial charge in [0.15, 0.2) is 16.3 Å². The van der Waals surface area contributed by atoms with E-state index in [2.05, 4.69) is 31.4 Å². The van der Waals surface area contributed by atoms with Crippen LogP contribution in [-0.4, -0.2) is 55.0 Å². The smallest absolute Gasteiger partial charge is 0.173 e. The number of nitrogens with one attached hydrogen (secondary N) is 1. The third-order valence-corrected chi connectivity index (χ3v) is 4.19. The van der Waals surface area contributed by atoms with E-state index in [1.54, 1.807) is 0 Å². The summed E-state index contributed by atoms with van der Waals surface area (Å²) >= 11 is 2.66. The molecule has 2 aliphatic heterocycles. The van der Waals surface area contributed by atoms with Crippen molar-refractivity contribution in [1.29, 1.82) is 0 Å². The summed E-state index contributed by atoms with van der Waals surface area (Å²) < 4.78 is 5.66. The topological polar surface area (TPSA) is 67.2 Å². The fourth-order valence-electron chi connectivity index (χ4n) is 2.46. The van der Waals surface area contributed by atoms with Crippen molar-refractivity contribution in [1.82, 2.24) is 15.1 Å². The quantitative estimate of drug-likeness (QED) is 0.633. The maximum absolute atomic E-state index is 6.02. The third kappa shape index (κ3) is 1.81. The highest BCUT2D eigenvalue weighted by Gasteiger charge is 2.32. The summed E-state index contributed by atoms with van der Waals surface area (Å²) in [6.07, 6.45) is 2.92. The number of fused-ring (bicyclic) bond motifs is 1. The fourth-order valence-corrected chi connectivity index (χ4v) is 2.73. The number of hydrogen-bond donors (Lipinski definition) is 2. The van der Waals surface area contributed by atoms with E-state index in [1.807, 2.05) is 6.20 Å². The molecule has 1 saturated heterocycles. The predicted molar refractivity (Wildman–Crippen MR) is 59.7 cm³/mol. The first-order chi connectivity index (χ1) is 7.74. The van der Waals surface area contributed by atoms with Crippen LogP contribution in [0.3, 0.4) is 0 Å². The van der Waals surface area contributed by atoms with E-state index < -0.39 is 0 Å². The van der Waals surface area contributed by atoms with Crippen LogP contribution in [0.5, 0.6) is 0 Å². The summed E-state index contributed by atoms with van der Waals surface area (Å²) in [6, 6.07) is 0.563. The number of H-pyrrole nitrogens is 1. The van der Waals surface area contributed by atoms with E-state index in [1.165, 1.54) is 11.3 Å². The number of aromatic nitrogens is 2. The SMILES string of the molecule is NC1CC(N2Cc3cn[nH]c3C2)CO[CH]1[Al]. The lowest BCUT2D eigenvalue weighted by Crippen LogP contribution is -2.51. The lowest BCUT2D eigenvalue weighted by Gasteiger charge is -2.37. The first-order valence-electron chi connectivity index (χ1n) is 5.62. The Bertz CT molecular complexity index is 362. The molecule has 2 aliphatic rings. The second-order valence-electron chi connectivity index (χ2n) is 4.63. The van der Waals surface area contributed by atoms with Crippen LogP contribution in [-0.2, 0) is 17.8 Å². The molecular formula is C10H15AlN4O. The van der Waals surface area contributed by atoms with Crippen molar-refractivity contribution < 1.29 is 4.74 Å². The van der Waals surface area contributed by atoms with Gasteiger partial charge in [-0.1, -0.05) is 0 Å². The molecule has 1 aromatic heterocycles. The molecular weight excluding hydrogens is 219 g/mol. The first-order valence-corrected chi connectivity index (χ1v) is 6.28. The van der Waals surface area contributed by atoms with Crippen LogP contribution in [0.15, 0.2) is 6.20 Å². The Hall–Kier alpha value is -0.378. The largest absolute Gasteiger partial charge is 0.393 e. The van der Waals surface area contributed by atoms with E-state index in [0.29, 0.717) is 6.04 Å².